The molecule has 0 atom stereocenters. The van der Waals surface area contributed by atoms with Gasteiger partial charge >= 0.3 is 0 Å². The van der Waals surface area contributed by atoms with Crippen LogP contribution in [0.5, 0.6) is 0 Å². The summed E-state index contributed by atoms with van der Waals surface area (Å²) < 4.78 is 8.71. The van der Waals surface area contributed by atoms with Crippen LogP contribution < -0.4 is 4.90 Å². The highest BCUT2D eigenvalue weighted by Crippen LogP contribution is 2.44. The maximum Gasteiger partial charge on any atom is 0.136 e. The number of aromatic nitrogens is 1. The van der Waals surface area contributed by atoms with E-state index in [1.807, 2.05) is 12.1 Å². The molecular formula is C64H42N2O. The highest BCUT2D eigenvalue weighted by Gasteiger charge is 2.19. The van der Waals surface area contributed by atoms with Gasteiger partial charge in [0.2, 0.25) is 0 Å². The molecular weight excluding hydrogens is 813 g/mol. The van der Waals surface area contributed by atoms with Crippen LogP contribution >= 0.6 is 0 Å². The monoisotopic (exact) mass is 854 g/mol. The van der Waals surface area contributed by atoms with Gasteiger partial charge in [-0.1, -0.05) is 170 Å². The lowest BCUT2D eigenvalue weighted by molar-refractivity contribution is 0.669. The Balaban J connectivity index is 0.873. The van der Waals surface area contributed by atoms with Crippen molar-refractivity contribution in [1.82, 2.24) is 4.57 Å². The molecule has 0 saturated carbocycles. The highest BCUT2D eigenvalue weighted by molar-refractivity contribution is 6.09. The van der Waals surface area contributed by atoms with E-state index in [1.54, 1.807) is 0 Å². The van der Waals surface area contributed by atoms with Gasteiger partial charge in [-0.05, 0) is 135 Å². The fourth-order valence-corrected chi connectivity index (χ4v) is 10.1. The molecule has 314 valence electrons. The lowest BCUT2D eigenvalue weighted by Crippen LogP contribution is -2.11. The molecule has 0 bridgehead atoms. The van der Waals surface area contributed by atoms with Gasteiger partial charge in [-0.25, -0.2) is 0 Å². The number of benzene rings is 11. The molecule has 0 spiro atoms. The van der Waals surface area contributed by atoms with Crippen molar-refractivity contribution < 1.29 is 4.42 Å². The van der Waals surface area contributed by atoms with Gasteiger partial charge in [-0.15, -0.1) is 0 Å². The minimum atomic E-state index is 0.888. The van der Waals surface area contributed by atoms with Crippen LogP contribution in [0.4, 0.5) is 17.1 Å². The van der Waals surface area contributed by atoms with Crippen LogP contribution in [0.25, 0.3) is 105 Å². The summed E-state index contributed by atoms with van der Waals surface area (Å²) in [7, 11) is 0. The zero-order chi connectivity index (χ0) is 44.3. The minimum Gasteiger partial charge on any atom is -0.456 e. The van der Waals surface area contributed by atoms with E-state index in [9.17, 15) is 0 Å². The Kier molecular flexibility index (Phi) is 9.17. The summed E-state index contributed by atoms with van der Waals surface area (Å²) in [4.78, 5) is 2.40. The maximum absolute atomic E-state index is 6.34. The molecule has 13 rings (SSSR count). The Morgan fingerprint density at radius 1 is 0.299 bits per heavy atom. The van der Waals surface area contributed by atoms with Crippen LogP contribution in [0.15, 0.2) is 259 Å². The molecule has 0 radical (unpaired) electrons. The molecule has 0 aliphatic carbocycles. The predicted octanol–water partition coefficient (Wildman–Crippen LogP) is 18.0. The van der Waals surface area contributed by atoms with Gasteiger partial charge in [0, 0.05) is 44.2 Å². The Hall–Kier alpha value is -8.92. The maximum atomic E-state index is 6.34. The van der Waals surface area contributed by atoms with Gasteiger partial charge in [0.15, 0.2) is 0 Å². The third-order valence-electron chi connectivity index (χ3n) is 13.4. The second-order valence-corrected chi connectivity index (χ2v) is 17.3. The first-order chi connectivity index (χ1) is 33.2. The fourth-order valence-electron chi connectivity index (χ4n) is 10.1. The molecule has 11 aromatic carbocycles. The lowest BCUT2D eigenvalue weighted by Gasteiger charge is -2.28. The summed E-state index contributed by atoms with van der Waals surface area (Å²) in [5.41, 5.74) is 17.8. The number of para-hydroxylation sites is 4. The average molecular weight is 855 g/mol. The minimum absolute atomic E-state index is 0.888. The van der Waals surface area contributed by atoms with Crippen molar-refractivity contribution in [3.8, 4) is 50.2 Å². The summed E-state index contributed by atoms with van der Waals surface area (Å²) in [6.45, 7) is 0. The Labute approximate surface area is 388 Å². The van der Waals surface area contributed by atoms with Crippen molar-refractivity contribution in [2.24, 2.45) is 0 Å². The van der Waals surface area contributed by atoms with Gasteiger partial charge in [-0.3, -0.25) is 0 Å². The summed E-state index contributed by atoms with van der Waals surface area (Å²) in [5.74, 6) is 0. The van der Waals surface area contributed by atoms with Crippen LogP contribution in [0, 0.1) is 0 Å². The molecule has 2 aromatic heterocycles. The topological polar surface area (TPSA) is 21.3 Å². The van der Waals surface area contributed by atoms with E-state index in [4.69, 9.17) is 4.42 Å². The summed E-state index contributed by atoms with van der Waals surface area (Å²) in [6, 6.07) is 92.0. The van der Waals surface area contributed by atoms with Crippen molar-refractivity contribution in [3.63, 3.8) is 0 Å². The highest BCUT2D eigenvalue weighted by atomic mass is 16.3. The largest absolute Gasteiger partial charge is 0.456 e. The molecule has 3 heteroatoms. The normalized spacial score (nSPS) is 11.6. The van der Waals surface area contributed by atoms with E-state index >= 15 is 0 Å². The molecule has 0 amide bonds. The number of hydrogen-bond donors (Lipinski definition) is 0. The second kappa shape index (κ2) is 16.0. The summed E-state index contributed by atoms with van der Waals surface area (Å²) >= 11 is 0. The molecule has 0 aliphatic rings. The van der Waals surface area contributed by atoms with Crippen molar-refractivity contribution in [3.05, 3.63) is 255 Å². The van der Waals surface area contributed by atoms with Crippen molar-refractivity contribution in [2.75, 3.05) is 4.90 Å². The average Bonchev–Trinajstić information content (AvgIpc) is 3.95. The molecule has 2 heterocycles. The van der Waals surface area contributed by atoms with E-state index in [2.05, 4.69) is 252 Å². The Morgan fingerprint density at radius 2 is 0.851 bits per heavy atom. The van der Waals surface area contributed by atoms with Crippen LogP contribution in [-0.4, -0.2) is 4.57 Å². The van der Waals surface area contributed by atoms with Crippen molar-refractivity contribution >= 4 is 71.6 Å². The van der Waals surface area contributed by atoms with Gasteiger partial charge in [0.1, 0.15) is 11.2 Å². The summed E-state index contributed by atoms with van der Waals surface area (Å²) in [5, 5.41) is 7.24. The molecule has 67 heavy (non-hydrogen) atoms. The predicted molar refractivity (Wildman–Crippen MR) is 282 cm³/mol. The van der Waals surface area contributed by atoms with E-state index in [0.717, 1.165) is 66.9 Å². The Morgan fingerprint density at radius 3 is 1.61 bits per heavy atom. The first-order valence-corrected chi connectivity index (χ1v) is 22.9. The number of furan rings is 1. The van der Waals surface area contributed by atoms with E-state index < -0.39 is 0 Å². The van der Waals surface area contributed by atoms with Crippen LogP contribution in [0.2, 0.25) is 0 Å². The molecule has 0 fully saturated rings. The molecule has 0 N–H and O–H groups in total. The zero-order valence-corrected chi connectivity index (χ0v) is 36.6. The quantitative estimate of drug-likeness (QED) is 0.152. The SMILES string of the molecule is c1cc(-c2ccc(N(c3cccc(-c4ccc5c(c4)oc4ccccc45)c3)c3ccccc3-c3ccc4ccccc4c3)cc2)cc(-c2ccc(-n3c4ccccc4c4ccccc43)cc2)c1. The van der Waals surface area contributed by atoms with Gasteiger partial charge in [-0.2, -0.15) is 0 Å². The fraction of sp³-hybridized carbons (Fsp3) is 0. The molecule has 0 saturated heterocycles. The number of hydrogen-bond acceptors (Lipinski definition) is 2. The van der Waals surface area contributed by atoms with Crippen LogP contribution in [-0.2, 0) is 0 Å². The smallest absolute Gasteiger partial charge is 0.136 e. The first kappa shape index (κ1) is 38.5. The number of fused-ring (bicyclic) bond motifs is 7. The molecule has 13 aromatic rings. The van der Waals surface area contributed by atoms with Crippen LogP contribution in [0.3, 0.4) is 0 Å². The lowest BCUT2D eigenvalue weighted by atomic mass is 9.97. The van der Waals surface area contributed by atoms with E-state index in [1.165, 1.54) is 54.8 Å². The third-order valence-corrected chi connectivity index (χ3v) is 13.4. The standard InChI is InChI=1S/C64H42N2O/c1-2-14-46-40-51(28-27-43(46)13-1)55-19-3-7-23-60(55)65(54-18-12-17-49(41-54)50-33-38-59-58-22-6-10-26-63(58)67-64(59)42-50)52-34-29-44(30-35-52)47-15-11-16-48(39-47)45-31-36-53(37-32-45)66-61-24-8-4-20-56(61)57-21-5-9-25-62(57)66/h1-42H. The number of nitrogens with zero attached hydrogens (tertiary/aromatic N) is 2. The van der Waals surface area contributed by atoms with Gasteiger partial charge in [0.25, 0.3) is 0 Å². The first-order valence-electron chi connectivity index (χ1n) is 22.9. The molecule has 0 unspecified atom stereocenters. The van der Waals surface area contributed by atoms with E-state index in [0.29, 0.717) is 0 Å². The van der Waals surface area contributed by atoms with Crippen LogP contribution in [0.1, 0.15) is 0 Å². The Bertz CT molecular complexity index is 3930. The van der Waals surface area contributed by atoms with Gasteiger partial charge in [0.05, 0.1) is 16.7 Å². The van der Waals surface area contributed by atoms with Crippen molar-refractivity contribution in [1.29, 1.82) is 0 Å². The molecule has 0 aliphatic heterocycles. The van der Waals surface area contributed by atoms with Crippen molar-refractivity contribution in [2.45, 2.75) is 0 Å². The van der Waals surface area contributed by atoms with E-state index in [-0.39, 0.29) is 0 Å². The number of rotatable bonds is 8. The zero-order valence-electron chi connectivity index (χ0n) is 36.6. The van der Waals surface area contributed by atoms with Gasteiger partial charge < -0.3 is 13.9 Å². The third kappa shape index (κ3) is 6.76. The summed E-state index contributed by atoms with van der Waals surface area (Å²) in [6.07, 6.45) is 0. The molecule has 3 nitrogen and oxygen atoms in total. The number of anilines is 3. The second-order valence-electron chi connectivity index (χ2n) is 17.3.